The summed E-state index contributed by atoms with van der Waals surface area (Å²) in [6.45, 7) is 0.420. The van der Waals surface area contributed by atoms with Gasteiger partial charge in [-0.2, -0.15) is 0 Å². The van der Waals surface area contributed by atoms with Crippen molar-refractivity contribution >= 4 is 6.21 Å². The van der Waals surface area contributed by atoms with E-state index in [1.165, 1.54) is 6.21 Å². The number of oxime groups is 1. The maximum atomic E-state index is 5.33. The molecule has 104 valence electrons. The molecule has 0 spiro atoms. The fraction of sp³-hybridized carbons (Fsp3) is 0.0588. The third kappa shape index (κ3) is 3.57. The van der Waals surface area contributed by atoms with Crippen molar-refractivity contribution in [1.82, 2.24) is 4.98 Å². The Hall–Kier alpha value is -2.88. The average molecular weight is 278 g/mol. The summed E-state index contributed by atoms with van der Waals surface area (Å²) in [7, 11) is 0. The zero-order chi connectivity index (χ0) is 14.3. The normalized spacial score (nSPS) is 10.9. The molecule has 0 saturated carbocycles. The number of hydrogen-bond donors (Lipinski definition) is 0. The van der Waals surface area contributed by atoms with Crippen LogP contribution in [0.5, 0.6) is 0 Å². The van der Waals surface area contributed by atoms with Gasteiger partial charge in [0.05, 0.1) is 0 Å². The second kappa shape index (κ2) is 6.52. The van der Waals surface area contributed by atoms with E-state index >= 15 is 0 Å². The Morgan fingerprint density at radius 1 is 1.00 bits per heavy atom. The summed E-state index contributed by atoms with van der Waals surface area (Å²) >= 11 is 0. The van der Waals surface area contributed by atoms with Crippen LogP contribution in [0.15, 0.2) is 76.5 Å². The Bertz CT molecular complexity index is 706. The van der Waals surface area contributed by atoms with Crippen LogP contribution < -0.4 is 0 Å². The highest BCUT2D eigenvalue weighted by Gasteiger charge is 2.03. The van der Waals surface area contributed by atoms with Crippen LogP contribution in [-0.4, -0.2) is 11.2 Å². The van der Waals surface area contributed by atoms with Crippen molar-refractivity contribution in [2.24, 2.45) is 5.16 Å². The summed E-state index contributed by atoms with van der Waals surface area (Å²) in [5.74, 6) is 0.418. The second-order valence-corrected chi connectivity index (χ2v) is 4.43. The third-order valence-corrected chi connectivity index (χ3v) is 2.90. The maximum Gasteiger partial charge on any atom is 0.241 e. The Morgan fingerprint density at radius 2 is 1.71 bits per heavy atom. The van der Waals surface area contributed by atoms with E-state index in [1.54, 1.807) is 6.26 Å². The predicted molar refractivity (Wildman–Crippen MR) is 80.8 cm³/mol. The smallest absolute Gasteiger partial charge is 0.241 e. The van der Waals surface area contributed by atoms with Gasteiger partial charge < -0.3 is 9.25 Å². The first-order valence-electron chi connectivity index (χ1n) is 6.62. The van der Waals surface area contributed by atoms with E-state index in [0.717, 1.165) is 16.8 Å². The highest BCUT2D eigenvalue weighted by atomic mass is 16.6. The monoisotopic (exact) mass is 278 g/mol. The Morgan fingerprint density at radius 3 is 2.48 bits per heavy atom. The first-order chi connectivity index (χ1) is 10.4. The van der Waals surface area contributed by atoms with Crippen molar-refractivity contribution in [2.45, 2.75) is 6.61 Å². The van der Waals surface area contributed by atoms with Gasteiger partial charge in [-0.25, -0.2) is 4.98 Å². The van der Waals surface area contributed by atoms with Crippen LogP contribution in [0.4, 0.5) is 0 Å². The lowest BCUT2D eigenvalue weighted by Crippen LogP contribution is -1.88. The lowest BCUT2D eigenvalue weighted by molar-refractivity contribution is 0.131. The minimum atomic E-state index is 0.418. The highest BCUT2D eigenvalue weighted by molar-refractivity contribution is 5.74. The molecule has 0 amide bonds. The van der Waals surface area contributed by atoms with E-state index in [2.05, 4.69) is 10.1 Å². The number of benzene rings is 2. The Balaban J connectivity index is 1.58. The topological polar surface area (TPSA) is 47.6 Å². The third-order valence-electron chi connectivity index (χ3n) is 2.90. The predicted octanol–water partition coefficient (Wildman–Crippen LogP) is 3.89. The molecule has 3 rings (SSSR count). The summed E-state index contributed by atoms with van der Waals surface area (Å²) in [6.07, 6.45) is 3.07. The molecule has 0 bridgehead atoms. The molecule has 0 unspecified atom stereocenters. The standard InChI is InChI=1S/C17H14N2O2/c1-3-7-14(8-4-1)12-21-18-11-17-19-16(13-20-17)15-9-5-2-6-10-15/h1-11,13H,12H2/b18-11+. The number of nitrogens with zero attached hydrogens (tertiary/aromatic N) is 2. The maximum absolute atomic E-state index is 5.33. The van der Waals surface area contributed by atoms with Gasteiger partial charge >= 0.3 is 0 Å². The van der Waals surface area contributed by atoms with Gasteiger partial charge in [0, 0.05) is 5.56 Å². The largest absolute Gasteiger partial charge is 0.443 e. The quantitative estimate of drug-likeness (QED) is 0.525. The molecule has 0 aliphatic carbocycles. The fourth-order valence-electron chi connectivity index (χ4n) is 1.86. The zero-order valence-electron chi connectivity index (χ0n) is 11.3. The van der Waals surface area contributed by atoms with E-state index in [1.807, 2.05) is 60.7 Å². The zero-order valence-corrected chi connectivity index (χ0v) is 11.3. The minimum Gasteiger partial charge on any atom is -0.443 e. The average Bonchev–Trinajstić information content (AvgIpc) is 3.02. The van der Waals surface area contributed by atoms with Gasteiger partial charge in [0.15, 0.2) is 0 Å². The molecule has 21 heavy (non-hydrogen) atoms. The van der Waals surface area contributed by atoms with Gasteiger partial charge in [0.2, 0.25) is 5.89 Å². The van der Waals surface area contributed by atoms with Crippen LogP contribution >= 0.6 is 0 Å². The summed E-state index contributed by atoms with van der Waals surface area (Å²) in [5.41, 5.74) is 2.85. The SMILES string of the molecule is C(=N\OCc1ccccc1)/c1nc(-c2ccccc2)co1. The van der Waals surface area contributed by atoms with Gasteiger partial charge in [-0.3, -0.25) is 0 Å². The van der Waals surface area contributed by atoms with Gasteiger partial charge in [-0.1, -0.05) is 65.8 Å². The van der Waals surface area contributed by atoms with Gasteiger partial charge in [0.25, 0.3) is 0 Å². The van der Waals surface area contributed by atoms with E-state index < -0.39 is 0 Å². The van der Waals surface area contributed by atoms with Crippen molar-refractivity contribution in [3.05, 3.63) is 78.4 Å². The highest BCUT2D eigenvalue weighted by Crippen LogP contribution is 2.17. The van der Waals surface area contributed by atoms with Crippen LogP contribution in [0.1, 0.15) is 11.5 Å². The fourth-order valence-corrected chi connectivity index (χ4v) is 1.86. The molecule has 1 heterocycles. The number of rotatable bonds is 5. The molecular weight excluding hydrogens is 264 g/mol. The van der Waals surface area contributed by atoms with Crippen LogP contribution in [-0.2, 0) is 11.4 Å². The molecular formula is C17H14N2O2. The molecule has 0 saturated heterocycles. The molecule has 1 aromatic heterocycles. The minimum absolute atomic E-state index is 0.418. The molecule has 0 atom stereocenters. The molecule has 0 radical (unpaired) electrons. The van der Waals surface area contributed by atoms with E-state index in [0.29, 0.717) is 12.5 Å². The summed E-state index contributed by atoms with van der Waals surface area (Å²) in [4.78, 5) is 9.54. The van der Waals surface area contributed by atoms with Crippen molar-refractivity contribution in [2.75, 3.05) is 0 Å². The van der Waals surface area contributed by atoms with Crippen LogP contribution in [0.2, 0.25) is 0 Å². The molecule has 4 nitrogen and oxygen atoms in total. The molecule has 0 aliphatic rings. The first kappa shape index (κ1) is 13.1. The van der Waals surface area contributed by atoms with Crippen LogP contribution in [0.3, 0.4) is 0 Å². The number of oxazole rings is 1. The Kier molecular flexibility index (Phi) is 4.07. The number of aromatic nitrogens is 1. The van der Waals surface area contributed by atoms with Crippen LogP contribution in [0, 0.1) is 0 Å². The van der Waals surface area contributed by atoms with E-state index in [-0.39, 0.29) is 0 Å². The van der Waals surface area contributed by atoms with Crippen LogP contribution in [0.25, 0.3) is 11.3 Å². The van der Waals surface area contributed by atoms with Crippen molar-refractivity contribution < 1.29 is 9.25 Å². The first-order valence-corrected chi connectivity index (χ1v) is 6.62. The molecule has 0 N–H and O–H groups in total. The lowest BCUT2D eigenvalue weighted by Gasteiger charge is -1.97. The summed E-state index contributed by atoms with van der Waals surface area (Å²) in [6, 6.07) is 19.7. The molecule has 2 aromatic carbocycles. The van der Waals surface area contributed by atoms with Crippen molar-refractivity contribution in [3.63, 3.8) is 0 Å². The molecule has 0 fully saturated rings. The van der Waals surface area contributed by atoms with Gasteiger partial charge in [0.1, 0.15) is 24.8 Å². The molecule has 0 aliphatic heterocycles. The molecule has 4 heteroatoms. The van der Waals surface area contributed by atoms with Crippen molar-refractivity contribution in [1.29, 1.82) is 0 Å². The van der Waals surface area contributed by atoms with Crippen molar-refractivity contribution in [3.8, 4) is 11.3 Å². The lowest BCUT2D eigenvalue weighted by atomic mass is 10.2. The van der Waals surface area contributed by atoms with E-state index in [9.17, 15) is 0 Å². The molecule has 3 aromatic rings. The van der Waals surface area contributed by atoms with Gasteiger partial charge in [-0.15, -0.1) is 0 Å². The summed E-state index contributed by atoms with van der Waals surface area (Å²) < 4.78 is 5.33. The van der Waals surface area contributed by atoms with Gasteiger partial charge in [-0.05, 0) is 5.56 Å². The second-order valence-electron chi connectivity index (χ2n) is 4.43. The number of hydrogen-bond acceptors (Lipinski definition) is 4. The van der Waals surface area contributed by atoms with E-state index in [4.69, 9.17) is 9.25 Å². The summed E-state index contributed by atoms with van der Waals surface area (Å²) in [5, 5.41) is 3.86. The Labute approximate surface area is 122 Å².